The van der Waals surface area contributed by atoms with Crippen molar-refractivity contribution in [3.05, 3.63) is 0 Å². The highest BCUT2D eigenvalue weighted by molar-refractivity contribution is 7.13. The standard InChI is InChI=1S/C10H22N3O2P.C2H6/c1-7(2)13-9(6-12-16)10(15)11-5-4-8(3)14;1-2/h7,9,12-13H,4-6,16H2,1-3H3,(H,11,15);1-2H3. The molecule has 5 nitrogen and oxygen atoms in total. The molecule has 0 radical (unpaired) electrons. The van der Waals surface area contributed by atoms with Gasteiger partial charge in [-0.1, -0.05) is 37.1 Å². The molecule has 108 valence electrons. The molecule has 2 unspecified atom stereocenters. The van der Waals surface area contributed by atoms with Crippen LogP contribution in [0.4, 0.5) is 0 Å². The lowest BCUT2D eigenvalue weighted by Gasteiger charge is -2.20. The van der Waals surface area contributed by atoms with Gasteiger partial charge in [0, 0.05) is 25.6 Å². The third kappa shape index (κ3) is 12.0. The fraction of sp³-hybridized carbons (Fsp3) is 0.833. The molecule has 0 saturated heterocycles. The van der Waals surface area contributed by atoms with Crippen LogP contribution in [-0.4, -0.2) is 36.9 Å². The van der Waals surface area contributed by atoms with Crippen molar-refractivity contribution in [2.24, 2.45) is 0 Å². The Labute approximate surface area is 113 Å². The van der Waals surface area contributed by atoms with Gasteiger partial charge in [0.2, 0.25) is 5.91 Å². The summed E-state index contributed by atoms with van der Waals surface area (Å²) in [7, 11) is 2.37. The summed E-state index contributed by atoms with van der Waals surface area (Å²) in [6, 6.07) is -0.0358. The summed E-state index contributed by atoms with van der Waals surface area (Å²) >= 11 is 0. The summed E-state index contributed by atoms with van der Waals surface area (Å²) < 4.78 is 0. The van der Waals surface area contributed by atoms with Crippen LogP contribution in [0.25, 0.3) is 0 Å². The average Bonchev–Trinajstić information content (AvgIpc) is 2.30. The van der Waals surface area contributed by atoms with Crippen LogP contribution in [0.1, 0.15) is 41.0 Å². The van der Waals surface area contributed by atoms with E-state index in [0.717, 1.165) is 0 Å². The van der Waals surface area contributed by atoms with Crippen LogP contribution in [0.2, 0.25) is 0 Å². The van der Waals surface area contributed by atoms with Crippen LogP contribution in [-0.2, 0) is 9.59 Å². The molecule has 0 rings (SSSR count). The molecule has 0 spiro atoms. The van der Waals surface area contributed by atoms with Gasteiger partial charge in [0.05, 0.1) is 6.04 Å². The monoisotopic (exact) mass is 277 g/mol. The van der Waals surface area contributed by atoms with E-state index in [1.807, 2.05) is 27.7 Å². The molecule has 0 aliphatic heterocycles. The van der Waals surface area contributed by atoms with E-state index < -0.39 is 0 Å². The van der Waals surface area contributed by atoms with Crippen LogP contribution < -0.4 is 15.7 Å². The van der Waals surface area contributed by atoms with Crippen molar-refractivity contribution in [1.82, 2.24) is 15.7 Å². The average molecular weight is 277 g/mol. The van der Waals surface area contributed by atoms with E-state index in [9.17, 15) is 9.59 Å². The second-order valence-corrected chi connectivity index (χ2v) is 4.43. The normalized spacial score (nSPS) is 11.5. The fourth-order valence-corrected chi connectivity index (χ4v) is 1.47. The minimum atomic E-state index is -0.274. The van der Waals surface area contributed by atoms with Gasteiger partial charge < -0.3 is 10.6 Å². The maximum atomic E-state index is 11.7. The van der Waals surface area contributed by atoms with Crippen molar-refractivity contribution in [2.75, 3.05) is 13.1 Å². The van der Waals surface area contributed by atoms with E-state index in [1.54, 1.807) is 0 Å². The second-order valence-electron chi connectivity index (χ2n) is 4.03. The zero-order valence-corrected chi connectivity index (χ0v) is 13.3. The number of amides is 1. The van der Waals surface area contributed by atoms with Crippen molar-refractivity contribution in [3.8, 4) is 0 Å². The Hall–Kier alpha value is -0.510. The molecule has 0 heterocycles. The van der Waals surface area contributed by atoms with Gasteiger partial charge in [0.15, 0.2) is 0 Å². The maximum absolute atomic E-state index is 11.7. The molecule has 3 N–H and O–H groups in total. The van der Waals surface area contributed by atoms with Gasteiger partial charge in [-0.05, 0) is 6.92 Å². The highest BCUT2D eigenvalue weighted by Crippen LogP contribution is 1.90. The van der Waals surface area contributed by atoms with Crippen LogP contribution >= 0.6 is 9.39 Å². The molecule has 0 aliphatic carbocycles. The number of Topliss-reactive ketones (excluding diaryl/α,β-unsaturated/α-hetero) is 1. The molecule has 0 bridgehead atoms. The van der Waals surface area contributed by atoms with Gasteiger partial charge in [-0.15, -0.1) is 0 Å². The lowest BCUT2D eigenvalue weighted by Crippen LogP contribution is -2.51. The van der Waals surface area contributed by atoms with Crippen LogP contribution in [0.15, 0.2) is 0 Å². The Morgan fingerprint density at radius 1 is 1.22 bits per heavy atom. The van der Waals surface area contributed by atoms with Gasteiger partial charge in [-0.25, -0.2) is 0 Å². The van der Waals surface area contributed by atoms with Crippen molar-refractivity contribution >= 4 is 21.1 Å². The molecule has 0 aromatic heterocycles. The molecule has 1 amide bonds. The first-order valence-corrected chi connectivity index (χ1v) is 7.01. The highest BCUT2D eigenvalue weighted by Gasteiger charge is 2.17. The summed E-state index contributed by atoms with van der Waals surface area (Å²) in [5.74, 6) is 0.00254. The van der Waals surface area contributed by atoms with Crippen molar-refractivity contribution < 1.29 is 9.59 Å². The molecule has 0 aliphatic rings. The largest absolute Gasteiger partial charge is 0.354 e. The zero-order chi connectivity index (χ0) is 14.6. The topological polar surface area (TPSA) is 70.2 Å². The molecular weight excluding hydrogens is 249 g/mol. The van der Waals surface area contributed by atoms with Crippen molar-refractivity contribution in [2.45, 2.75) is 53.1 Å². The quantitative estimate of drug-likeness (QED) is 0.575. The summed E-state index contributed by atoms with van der Waals surface area (Å²) in [6.45, 7) is 10.4. The van der Waals surface area contributed by atoms with E-state index in [4.69, 9.17) is 0 Å². The summed E-state index contributed by atoms with van der Waals surface area (Å²) in [6.07, 6.45) is 0.383. The number of ketones is 1. The first-order valence-electron chi connectivity index (χ1n) is 6.44. The van der Waals surface area contributed by atoms with E-state index in [-0.39, 0.29) is 23.8 Å². The molecule has 0 aromatic rings. The summed E-state index contributed by atoms with van der Waals surface area (Å²) in [5.41, 5.74) is 0. The van der Waals surface area contributed by atoms with Crippen LogP contribution in [0.3, 0.4) is 0 Å². The number of nitrogens with one attached hydrogen (secondary N) is 3. The molecule has 0 fully saturated rings. The Morgan fingerprint density at radius 2 is 1.78 bits per heavy atom. The molecule has 2 atom stereocenters. The molecule has 6 heteroatoms. The first kappa shape index (κ1) is 19.8. The molecule has 18 heavy (non-hydrogen) atoms. The van der Waals surface area contributed by atoms with E-state index in [0.29, 0.717) is 19.5 Å². The molecule has 0 aromatic carbocycles. The predicted molar refractivity (Wildman–Crippen MR) is 79.4 cm³/mol. The van der Waals surface area contributed by atoms with Gasteiger partial charge in [-0.3, -0.25) is 14.7 Å². The van der Waals surface area contributed by atoms with E-state index >= 15 is 0 Å². The van der Waals surface area contributed by atoms with Gasteiger partial charge in [0.25, 0.3) is 0 Å². The van der Waals surface area contributed by atoms with Crippen LogP contribution in [0, 0.1) is 0 Å². The Kier molecular flexibility index (Phi) is 14.2. The maximum Gasteiger partial charge on any atom is 0.238 e. The fourth-order valence-electron chi connectivity index (χ4n) is 1.23. The van der Waals surface area contributed by atoms with Crippen molar-refractivity contribution in [1.29, 1.82) is 0 Å². The molecular formula is C12H28N3O2P. The predicted octanol–water partition coefficient (Wildman–Crippen LogP) is 0.854. The highest BCUT2D eigenvalue weighted by atomic mass is 31.0. The third-order valence-electron chi connectivity index (χ3n) is 1.95. The smallest absolute Gasteiger partial charge is 0.238 e. The van der Waals surface area contributed by atoms with Crippen LogP contribution in [0.5, 0.6) is 0 Å². The number of carbonyl (C=O) groups excluding carboxylic acids is 2. The second kappa shape index (κ2) is 12.9. The number of hydrogen-bond acceptors (Lipinski definition) is 4. The lowest BCUT2D eigenvalue weighted by molar-refractivity contribution is -0.123. The van der Waals surface area contributed by atoms with Gasteiger partial charge >= 0.3 is 0 Å². The lowest BCUT2D eigenvalue weighted by atomic mass is 10.2. The zero-order valence-electron chi connectivity index (χ0n) is 12.2. The number of rotatable bonds is 8. The first-order chi connectivity index (χ1) is 8.47. The number of carbonyl (C=O) groups is 2. The van der Waals surface area contributed by atoms with Gasteiger partial charge in [0.1, 0.15) is 5.78 Å². The van der Waals surface area contributed by atoms with E-state index in [2.05, 4.69) is 25.1 Å². The Balaban J connectivity index is 0. The van der Waals surface area contributed by atoms with Crippen molar-refractivity contribution in [3.63, 3.8) is 0 Å². The SMILES string of the molecule is CC.CC(=O)CCNC(=O)C(CNP)NC(C)C. The summed E-state index contributed by atoms with van der Waals surface area (Å²) in [4.78, 5) is 22.4. The minimum Gasteiger partial charge on any atom is -0.354 e. The molecule has 0 saturated carbocycles. The minimum absolute atomic E-state index is 0.0788. The Morgan fingerprint density at radius 3 is 2.17 bits per heavy atom. The summed E-state index contributed by atoms with van der Waals surface area (Å²) in [5, 5.41) is 8.76. The van der Waals surface area contributed by atoms with E-state index in [1.165, 1.54) is 6.92 Å². The Bertz CT molecular complexity index is 235. The number of hydrogen-bond donors (Lipinski definition) is 3. The van der Waals surface area contributed by atoms with Gasteiger partial charge in [-0.2, -0.15) is 0 Å². The third-order valence-corrected chi connectivity index (χ3v) is 2.18.